The fourth-order valence-corrected chi connectivity index (χ4v) is 6.83. The molecule has 0 radical (unpaired) electrons. The average molecular weight is 1140 g/mol. The van der Waals surface area contributed by atoms with Gasteiger partial charge in [-0.1, -0.05) is 254 Å². The summed E-state index contributed by atoms with van der Waals surface area (Å²) >= 11 is 0. The minimum Gasteiger partial charge on any atom is -0.550 e. The Bertz CT molecular complexity index is 2150. The van der Waals surface area contributed by atoms with Gasteiger partial charge in [-0.3, -0.25) is 9.59 Å². The van der Waals surface area contributed by atoms with E-state index in [0.29, 0.717) is 0 Å². The number of carboxylic acids is 1. The van der Waals surface area contributed by atoms with E-state index >= 15 is 0 Å². The van der Waals surface area contributed by atoms with Gasteiger partial charge in [0.1, 0.15) is 18.8 Å². The number of carboxylic acid groups (broad SMARTS) is 1. The van der Waals surface area contributed by atoms with E-state index in [0.717, 1.165) is 103 Å². The van der Waals surface area contributed by atoms with Crippen LogP contribution < -0.4 is 24.0 Å². The van der Waals surface area contributed by atoms with Gasteiger partial charge in [-0.05, 0) is 121 Å². The van der Waals surface area contributed by atoms with Crippen molar-refractivity contribution >= 4 is 17.9 Å². The molecule has 0 amide bonds. The summed E-state index contributed by atoms with van der Waals surface area (Å²) in [6, 6.07) is 0. The van der Waals surface area contributed by atoms with E-state index in [1.165, 1.54) is 6.92 Å². The number of carbonyl (C=O) groups is 3. The second-order valence-corrected chi connectivity index (χ2v) is 19.5. The first-order valence-corrected chi connectivity index (χ1v) is 29.8. The molecule has 4 N–H and O–H groups in total. The summed E-state index contributed by atoms with van der Waals surface area (Å²) in [6.45, 7) is 10.8. The van der Waals surface area contributed by atoms with E-state index in [-0.39, 0.29) is 56.3 Å². The molecule has 11 heteroatoms. The van der Waals surface area contributed by atoms with Gasteiger partial charge < -0.3 is 39.8 Å². The van der Waals surface area contributed by atoms with E-state index in [2.05, 4.69) is 173 Å². The molecule has 454 valence electrons. The smallest absolute Gasteiger partial charge is 0.550 e. The van der Waals surface area contributed by atoms with E-state index < -0.39 is 48.7 Å². The first-order chi connectivity index (χ1) is 39.8. The molecule has 0 aromatic heterocycles. The van der Waals surface area contributed by atoms with Crippen molar-refractivity contribution in [2.75, 3.05) is 13.2 Å². The van der Waals surface area contributed by atoms with Crippen molar-refractivity contribution in [2.45, 2.75) is 182 Å². The maximum atomic E-state index is 11.7. The van der Waals surface area contributed by atoms with Gasteiger partial charge in [-0.15, -0.1) is 0 Å². The van der Waals surface area contributed by atoms with Crippen LogP contribution in [0.1, 0.15) is 157 Å². The van der Waals surface area contributed by atoms with E-state index in [1.54, 1.807) is 31.2 Å². The quantitative estimate of drug-likeness (QED) is 0.0199. The van der Waals surface area contributed by atoms with Crippen LogP contribution in [-0.4, -0.2) is 76.0 Å². The van der Waals surface area contributed by atoms with Crippen molar-refractivity contribution in [2.24, 2.45) is 17.8 Å². The molecule has 1 fully saturated rings. The molecule has 7 unspecified atom stereocenters. The number of aliphatic hydroxyl groups excluding tert-OH is 4. The van der Waals surface area contributed by atoms with Gasteiger partial charge in [0, 0.05) is 12.4 Å². The number of allylic oxidation sites excluding steroid dienone is 33. The number of cyclic esters (lactones) is 1. The molecule has 1 rings (SSSR count). The standard InChI is InChI=1S/C26H40O5.C23H34O3.C23H32O2.Li/c1-3-4-5-6-7-8-9-10-11-12-13-14-15-16-17-18-19-24(28)20-23(2)26(30)31-22-25(29)21-27;1-3-4-5-6-7-8-9-10-11-12-13-14-15-16-17-18-19-22(24)20-21(2)23(25)26;1-3-4-5-6-7-8-9-10-11-12-13-14-15-16-17-18-19-22-20-21(2)23(24)25-22;/h4-5,7-8,10-11,13-14,16-19,23-25,27-29H,3,6,9,12,15,20-22H2,1-2H3;4-5,7-8,10-11,13-14,16-19,21-22,24H,3,6,9,12,15,20H2,1-2H3,(H,25,26);4-5,7-8,10-11,13-14,16-19,21-22H,3,6,9,12,15,20H2,1-2H3;/q;;;+1/p-1/b3*5-4-,8-7-,11-10-,14-13-,17-16-,19-18+;. The summed E-state index contributed by atoms with van der Waals surface area (Å²) < 4.78 is 10.1. The Hall–Kier alpha value is -5.83. The first-order valence-electron chi connectivity index (χ1n) is 29.8. The zero-order chi connectivity index (χ0) is 60.8. The Morgan fingerprint density at radius 2 is 0.807 bits per heavy atom. The molecule has 10 nitrogen and oxygen atoms in total. The van der Waals surface area contributed by atoms with Crippen molar-refractivity contribution < 1.29 is 68.3 Å². The minimum absolute atomic E-state index is 0. The predicted octanol–water partition coefficient (Wildman–Crippen LogP) is 12.3. The van der Waals surface area contributed by atoms with Gasteiger partial charge in [0.25, 0.3) is 0 Å². The number of aliphatic carboxylic acids is 1. The second kappa shape index (κ2) is 63.7. The molecule has 0 saturated carbocycles. The van der Waals surface area contributed by atoms with Crippen LogP contribution in [0.4, 0.5) is 0 Å². The Labute approximate surface area is 514 Å². The molecule has 1 aliphatic rings. The zero-order valence-corrected chi connectivity index (χ0v) is 51.7. The largest absolute Gasteiger partial charge is 1.00 e. The summed E-state index contributed by atoms with van der Waals surface area (Å²) in [5.74, 6) is -2.84. The summed E-state index contributed by atoms with van der Waals surface area (Å²) in [7, 11) is 0. The number of ether oxygens (including phenoxy) is 2. The summed E-state index contributed by atoms with van der Waals surface area (Å²) in [5, 5.41) is 48.0. The van der Waals surface area contributed by atoms with Crippen LogP contribution in [0.5, 0.6) is 0 Å². The molecule has 0 aromatic carbocycles. The minimum atomic E-state index is -1.13. The van der Waals surface area contributed by atoms with E-state index in [9.17, 15) is 34.8 Å². The molecule has 1 heterocycles. The molecule has 0 bridgehead atoms. The van der Waals surface area contributed by atoms with Gasteiger partial charge in [0.05, 0.1) is 30.7 Å². The molecule has 83 heavy (non-hydrogen) atoms. The topological polar surface area (TPSA) is 174 Å². The van der Waals surface area contributed by atoms with Crippen molar-refractivity contribution in [3.8, 4) is 0 Å². The van der Waals surface area contributed by atoms with E-state index in [4.69, 9.17) is 14.6 Å². The van der Waals surface area contributed by atoms with E-state index in [1.807, 2.05) is 49.5 Å². The van der Waals surface area contributed by atoms with Crippen molar-refractivity contribution in [1.82, 2.24) is 0 Å². The zero-order valence-electron chi connectivity index (χ0n) is 51.7. The average Bonchev–Trinajstić information content (AvgIpc) is 3.79. The van der Waals surface area contributed by atoms with Crippen LogP contribution in [0.3, 0.4) is 0 Å². The van der Waals surface area contributed by atoms with Gasteiger partial charge in [0.15, 0.2) is 0 Å². The van der Waals surface area contributed by atoms with Crippen LogP contribution in [-0.2, 0) is 23.9 Å². The second-order valence-electron chi connectivity index (χ2n) is 19.5. The number of esters is 2. The SMILES string of the molecule is CC/C=C\C/C=C\C/C=C\C/C=C\C/C=C\C=C\C(O)CC(C)C(=O)OCC(O)CO.CC/C=C\C/C=C\C/C=C\C/C=C\C/C=C\C=C\C(O)CC(C)C(=O)[O-].CC/C=C\C/C=C\C/C=C\C/C=C\C/C=C\C=C\C1CC(C)C(=O)O1.[Li+]. The molecular formula is C72H105LiO10. The van der Waals surface area contributed by atoms with Crippen molar-refractivity contribution in [3.63, 3.8) is 0 Å². The fourth-order valence-electron chi connectivity index (χ4n) is 6.83. The summed E-state index contributed by atoms with van der Waals surface area (Å²) in [6.07, 6.45) is 87.7. The number of hydrogen-bond donors (Lipinski definition) is 4. The van der Waals surface area contributed by atoms with Gasteiger partial charge >= 0.3 is 30.8 Å². The van der Waals surface area contributed by atoms with Crippen LogP contribution >= 0.6 is 0 Å². The fraction of sp³-hybridized carbons (Fsp3) is 0.458. The van der Waals surface area contributed by atoms with Crippen LogP contribution in [0.15, 0.2) is 219 Å². The monoisotopic (exact) mass is 1140 g/mol. The third-order valence-corrected chi connectivity index (χ3v) is 11.6. The number of carbonyl (C=O) groups excluding carboxylic acids is 3. The maximum Gasteiger partial charge on any atom is 1.00 e. The van der Waals surface area contributed by atoms with Crippen molar-refractivity contribution in [1.29, 1.82) is 0 Å². The Balaban J connectivity index is -0.00000116. The predicted molar refractivity (Wildman–Crippen MR) is 343 cm³/mol. The van der Waals surface area contributed by atoms with Crippen LogP contribution in [0.25, 0.3) is 0 Å². The van der Waals surface area contributed by atoms with Crippen molar-refractivity contribution in [3.05, 3.63) is 219 Å². The molecule has 1 saturated heterocycles. The first kappa shape index (κ1) is 81.4. The van der Waals surface area contributed by atoms with Crippen LogP contribution in [0, 0.1) is 17.8 Å². The number of hydrogen-bond acceptors (Lipinski definition) is 10. The molecule has 1 aliphatic heterocycles. The molecule has 0 aliphatic carbocycles. The normalized spacial score (nSPS) is 17.4. The third-order valence-electron chi connectivity index (χ3n) is 11.6. The third kappa shape index (κ3) is 60.6. The van der Waals surface area contributed by atoms with Gasteiger partial charge in [0.2, 0.25) is 0 Å². The summed E-state index contributed by atoms with van der Waals surface area (Å²) in [4.78, 5) is 33.6. The number of aliphatic hydroxyl groups is 4. The molecule has 0 spiro atoms. The molecule has 0 aromatic rings. The van der Waals surface area contributed by atoms with Gasteiger partial charge in [-0.25, -0.2) is 0 Å². The summed E-state index contributed by atoms with van der Waals surface area (Å²) in [5.41, 5.74) is 0. The Morgan fingerprint density at radius 1 is 0.506 bits per heavy atom. The molecule has 7 atom stereocenters. The number of rotatable bonds is 42. The van der Waals surface area contributed by atoms with Gasteiger partial charge in [-0.2, -0.15) is 0 Å². The maximum absolute atomic E-state index is 11.7. The Morgan fingerprint density at radius 3 is 1.10 bits per heavy atom. The Kier molecular flexibility index (Phi) is 62.5. The van der Waals surface area contributed by atoms with Crippen LogP contribution in [0.2, 0.25) is 0 Å². The molecular weight excluding hydrogens is 1030 g/mol.